The van der Waals surface area contributed by atoms with Gasteiger partial charge in [0.2, 0.25) is 13.6 Å². The number of hydrogen-bond donors (Lipinski definition) is 0. The molecule has 0 amide bonds. The van der Waals surface area contributed by atoms with Crippen molar-refractivity contribution in [1.82, 2.24) is 0 Å². The molecule has 2 aliphatic heterocycles. The van der Waals surface area contributed by atoms with Gasteiger partial charge in [0.1, 0.15) is 0 Å². The van der Waals surface area contributed by atoms with Gasteiger partial charge in [-0.05, 0) is 67.0 Å². The molecule has 4 nitrogen and oxygen atoms in total. The fourth-order valence-corrected chi connectivity index (χ4v) is 11.6. The van der Waals surface area contributed by atoms with E-state index >= 15 is 0 Å². The van der Waals surface area contributed by atoms with Gasteiger partial charge in [-0.1, -0.05) is 121 Å². The second-order valence-electron chi connectivity index (χ2n) is 10.7. The van der Waals surface area contributed by atoms with E-state index in [2.05, 4.69) is 140 Å². The van der Waals surface area contributed by atoms with Gasteiger partial charge in [0, 0.05) is 16.8 Å². The van der Waals surface area contributed by atoms with Crippen LogP contribution in [0.1, 0.15) is 12.0 Å². The Morgan fingerprint density at radius 3 is 1.66 bits per heavy atom. The van der Waals surface area contributed by atoms with Crippen molar-refractivity contribution in [2.24, 2.45) is 0 Å². The van der Waals surface area contributed by atoms with Crippen LogP contribution in [0, 0.1) is 0 Å². The normalized spacial score (nSPS) is 16.9. The molecular formula is C38H30O4P2. The van der Waals surface area contributed by atoms with Crippen molar-refractivity contribution >= 4 is 47.9 Å². The highest BCUT2D eigenvalue weighted by Crippen LogP contribution is 2.56. The molecule has 0 spiro atoms. The third-order valence-corrected chi connectivity index (χ3v) is 13.5. The molecule has 1 saturated heterocycles. The lowest BCUT2D eigenvalue weighted by molar-refractivity contribution is 0.0981. The Morgan fingerprint density at radius 1 is 0.523 bits per heavy atom. The summed E-state index contributed by atoms with van der Waals surface area (Å²) < 4.78 is 24.9. The maximum atomic E-state index is 6.39. The molecule has 5 aromatic rings. The average Bonchev–Trinajstić information content (AvgIpc) is 3.77. The molecular weight excluding hydrogens is 582 g/mol. The minimum absolute atomic E-state index is 0.119. The molecule has 44 heavy (non-hydrogen) atoms. The topological polar surface area (TPSA) is 36.9 Å². The Bertz CT molecular complexity index is 1760. The molecule has 1 atom stereocenters. The van der Waals surface area contributed by atoms with Crippen LogP contribution in [-0.2, 0) is 9.47 Å². The van der Waals surface area contributed by atoms with Crippen molar-refractivity contribution in [3.05, 3.63) is 157 Å². The van der Waals surface area contributed by atoms with Gasteiger partial charge in [-0.3, -0.25) is 0 Å². The van der Waals surface area contributed by atoms with Crippen molar-refractivity contribution in [3.63, 3.8) is 0 Å². The van der Waals surface area contributed by atoms with Crippen LogP contribution in [0.3, 0.4) is 0 Å². The Labute approximate surface area is 260 Å². The van der Waals surface area contributed by atoms with Crippen LogP contribution in [0.4, 0.5) is 0 Å². The highest BCUT2D eigenvalue weighted by atomic mass is 31.1. The van der Waals surface area contributed by atoms with Crippen molar-refractivity contribution in [1.29, 1.82) is 0 Å². The van der Waals surface area contributed by atoms with E-state index < -0.39 is 15.8 Å². The van der Waals surface area contributed by atoms with E-state index in [1.54, 1.807) is 0 Å². The third-order valence-electron chi connectivity index (χ3n) is 8.18. The highest BCUT2D eigenvalue weighted by molar-refractivity contribution is 7.80. The molecule has 6 heteroatoms. The van der Waals surface area contributed by atoms with Gasteiger partial charge in [0.25, 0.3) is 0 Å². The van der Waals surface area contributed by atoms with E-state index in [9.17, 15) is 0 Å². The van der Waals surface area contributed by atoms with Crippen LogP contribution in [0.2, 0.25) is 0 Å². The lowest BCUT2D eigenvalue weighted by Gasteiger charge is -2.34. The van der Waals surface area contributed by atoms with E-state index in [1.807, 2.05) is 0 Å². The van der Waals surface area contributed by atoms with Crippen LogP contribution in [-0.4, -0.2) is 19.2 Å². The third kappa shape index (κ3) is 4.89. The summed E-state index contributed by atoms with van der Waals surface area (Å²) in [6.45, 7) is 0.402. The summed E-state index contributed by atoms with van der Waals surface area (Å²) in [6, 6.07) is 47.8. The van der Waals surface area contributed by atoms with Crippen LogP contribution in [0.25, 0.3) is 5.57 Å². The Kier molecular flexibility index (Phi) is 7.40. The van der Waals surface area contributed by atoms with Gasteiger partial charge in [0.15, 0.2) is 23.0 Å². The summed E-state index contributed by atoms with van der Waals surface area (Å²) in [5.74, 6) is 3.20. The number of ether oxygens (including phenoxy) is 4. The van der Waals surface area contributed by atoms with E-state index in [0.29, 0.717) is 0 Å². The van der Waals surface area contributed by atoms with Crippen molar-refractivity contribution in [2.45, 2.75) is 12.1 Å². The van der Waals surface area contributed by atoms with Gasteiger partial charge in [-0.15, -0.1) is 0 Å². The number of benzene rings is 5. The lowest BCUT2D eigenvalue weighted by Crippen LogP contribution is -2.29. The molecule has 0 bridgehead atoms. The molecule has 0 unspecified atom stereocenters. The second-order valence-corrected chi connectivity index (χ2v) is 15.3. The van der Waals surface area contributed by atoms with Crippen LogP contribution < -0.4 is 36.0 Å². The quantitative estimate of drug-likeness (QED) is 0.192. The van der Waals surface area contributed by atoms with Gasteiger partial charge >= 0.3 is 0 Å². The number of allylic oxidation sites excluding steroid dienone is 2. The Hall–Kier alpha value is -4.36. The fourth-order valence-electron chi connectivity index (χ4n) is 6.33. The highest BCUT2D eigenvalue weighted by Gasteiger charge is 2.41. The predicted molar refractivity (Wildman–Crippen MR) is 181 cm³/mol. The summed E-state index contributed by atoms with van der Waals surface area (Å²) in [4.78, 5) is 0. The van der Waals surface area contributed by atoms with E-state index in [0.717, 1.165) is 40.6 Å². The minimum atomic E-state index is -0.941. The summed E-state index contributed by atoms with van der Waals surface area (Å²) in [5.41, 5.74) is 2.35. The monoisotopic (exact) mass is 612 g/mol. The largest absolute Gasteiger partial charge is 0.454 e. The molecule has 3 aliphatic rings. The zero-order chi connectivity index (χ0) is 29.3. The van der Waals surface area contributed by atoms with Crippen molar-refractivity contribution in [3.8, 4) is 11.5 Å². The summed E-state index contributed by atoms with van der Waals surface area (Å²) in [5, 5.41) is 6.43. The molecule has 0 aromatic heterocycles. The van der Waals surface area contributed by atoms with Crippen LogP contribution >= 0.6 is 15.8 Å². The van der Waals surface area contributed by atoms with Crippen molar-refractivity contribution < 1.29 is 18.9 Å². The number of fused-ring (bicyclic) bond motifs is 2. The molecule has 8 rings (SSSR count). The number of hydrogen-bond acceptors (Lipinski definition) is 4. The smallest absolute Gasteiger partial charge is 0.231 e. The van der Waals surface area contributed by atoms with Crippen molar-refractivity contribution in [2.75, 3.05) is 13.6 Å². The first kappa shape index (κ1) is 27.2. The summed E-state index contributed by atoms with van der Waals surface area (Å²) in [6.07, 6.45) is 3.04. The Morgan fingerprint density at radius 2 is 1.07 bits per heavy atom. The molecule has 1 fully saturated rings. The van der Waals surface area contributed by atoms with Crippen LogP contribution in [0.15, 0.2) is 151 Å². The maximum Gasteiger partial charge on any atom is 0.231 e. The summed E-state index contributed by atoms with van der Waals surface area (Å²) in [7, 11) is -1.77. The van der Waals surface area contributed by atoms with Crippen LogP contribution in [0.5, 0.6) is 11.5 Å². The summed E-state index contributed by atoms with van der Waals surface area (Å²) >= 11 is 0. The molecule has 1 aliphatic carbocycles. The first-order valence-corrected chi connectivity index (χ1v) is 17.5. The van der Waals surface area contributed by atoms with Gasteiger partial charge in [-0.25, -0.2) is 0 Å². The molecule has 2 heterocycles. The zero-order valence-corrected chi connectivity index (χ0v) is 25.8. The van der Waals surface area contributed by atoms with E-state index in [4.69, 9.17) is 18.9 Å². The second kappa shape index (κ2) is 12.0. The SMILES string of the molecule is C1=C2OCOC2=C(c2c(P(c3ccccc3)c3ccccc3)ccc3c2OCO3)[C@@H](P(c2ccccc2)c2ccccc2)C1. The van der Waals surface area contributed by atoms with Gasteiger partial charge in [-0.2, -0.15) is 0 Å². The first-order valence-electron chi connectivity index (χ1n) is 14.8. The zero-order valence-electron chi connectivity index (χ0n) is 24.0. The average molecular weight is 613 g/mol. The molecule has 0 saturated carbocycles. The minimum Gasteiger partial charge on any atom is -0.454 e. The standard InChI is InChI=1S/C38H30O4P2/c1-5-13-27(14-6-1)43(28-15-7-2-8-16-28)33-23-21-31-37(41-25-39-31)35(33)36-34(24-22-32-38(36)42-26-40-32)44(29-17-9-3-10-18-29)30-19-11-4-12-20-30/h1-23,34H,24-26H2/t34-/m0/s1. The van der Waals surface area contributed by atoms with Gasteiger partial charge < -0.3 is 18.9 Å². The number of rotatable bonds is 7. The molecule has 0 N–H and O–H groups in total. The maximum absolute atomic E-state index is 6.39. The molecule has 0 radical (unpaired) electrons. The predicted octanol–water partition coefficient (Wildman–Crippen LogP) is 6.68. The fraction of sp³-hybridized carbons (Fsp3) is 0.105. The van der Waals surface area contributed by atoms with E-state index in [-0.39, 0.29) is 19.2 Å². The van der Waals surface area contributed by atoms with E-state index in [1.165, 1.54) is 26.5 Å². The Balaban J connectivity index is 1.41. The van der Waals surface area contributed by atoms with Gasteiger partial charge in [0.05, 0.1) is 0 Å². The molecule has 216 valence electrons. The lowest BCUT2D eigenvalue weighted by atomic mass is 9.93. The molecule has 5 aromatic carbocycles. The first-order chi connectivity index (χ1) is 21.9.